The SMILES string of the molecule is COC(=O)c1cccc(Br)c1NC(=O)C(F)(F)F. The van der Waals surface area contributed by atoms with Crippen molar-refractivity contribution in [1.82, 2.24) is 0 Å². The van der Waals surface area contributed by atoms with E-state index >= 15 is 0 Å². The quantitative estimate of drug-likeness (QED) is 0.851. The van der Waals surface area contributed by atoms with Crippen molar-refractivity contribution in [1.29, 1.82) is 0 Å². The van der Waals surface area contributed by atoms with E-state index in [0.717, 1.165) is 7.11 Å². The molecule has 98 valence electrons. The van der Waals surface area contributed by atoms with Gasteiger partial charge < -0.3 is 10.1 Å². The fourth-order valence-corrected chi connectivity index (χ4v) is 1.58. The Bertz CT molecular complexity index is 488. The highest BCUT2D eigenvalue weighted by Crippen LogP contribution is 2.29. The van der Waals surface area contributed by atoms with Crippen LogP contribution in [0.3, 0.4) is 0 Å². The summed E-state index contributed by atoms with van der Waals surface area (Å²) in [6, 6.07) is 4.06. The Hall–Kier alpha value is -1.57. The zero-order valence-corrected chi connectivity index (χ0v) is 10.6. The molecule has 1 amide bonds. The molecule has 1 aromatic rings. The van der Waals surface area contributed by atoms with Gasteiger partial charge in [0.15, 0.2) is 0 Å². The molecule has 8 heteroatoms. The van der Waals surface area contributed by atoms with Crippen LogP contribution in [-0.4, -0.2) is 25.2 Å². The third-order valence-corrected chi connectivity index (χ3v) is 2.58. The van der Waals surface area contributed by atoms with Crippen molar-refractivity contribution in [2.45, 2.75) is 6.18 Å². The van der Waals surface area contributed by atoms with Gasteiger partial charge in [0.25, 0.3) is 0 Å². The van der Waals surface area contributed by atoms with Crippen LogP contribution < -0.4 is 5.32 Å². The normalized spacial score (nSPS) is 10.9. The molecule has 1 aromatic carbocycles. The maximum Gasteiger partial charge on any atom is 0.471 e. The van der Waals surface area contributed by atoms with Gasteiger partial charge in [-0.05, 0) is 28.1 Å². The van der Waals surface area contributed by atoms with Gasteiger partial charge in [-0.2, -0.15) is 13.2 Å². The molecule has 0 aliphatic carbocycles. The average Bonchev–Trinajstić information content (AvgIpc) is 2.29. The number of carbonyl (C=O) groups excluding carboxylic acids is 2. The topological polar surface area (TPSA) is 55.4 Å². The number of ether oxygens (including phenoxy) is 1. The lowest BCUT2D eigenvalue weighted by atomic mass is 10.2. The number of amides is 1. The van der Waals surface area contributed by atoms with Gasteiger partial charge in [-0.25, -0.2) is 4.79 Å². The number of halogens is 4. The Morgan fingerprint density at radius 3 is 2.44 bits per heavy atom. The molecule has 0 saturated carbocycles. The molecule has 0 spiro atoms. The number of rotatable bonds is 2. The maximum atomic E-state index is 12.1. The summed E-state index contributed by atoms with van der Waals surface area (Å²) in [5, 5.41) is 1.62. The number of hydrogen-bond acceptors (Lipinski definition) is 3. The Morgan fingerprint density at radius 1 is 1.33 bits per heavy atom. The Kier molecular flexibility index (Phi) is 4.33. The van der Waals surface area contributed by atoms with Gasteiger partial charge in [0.05, 0.1) is 18.4 Å². The van der Waals surface area contributed by atoms with Gasteiger partial charge in [0.1, 0.15) is 0 Å². The monoisotopic (exact) mass is 325 g/mol. The summed E-state index contributed by atoms with van der Waals surface area (Å²) in [6.45, 7) is 0. The summed E-state index contributed by atoms with van der Waals surface area (Å²) in [4.78, 5) is 22.2. The van der Waals surface area contributed by atoms with Crippen LogP contribution in [0.25, 0.3) is 0 Å². The second kappa shape index (κ2) is 5.38. The molecule has 0 saturated heterocycles. The van der Waals surface area contributed by atoms with Crippen molar-refractivity contribution in [2.75, 3.05) is 12.4 Å². The standard InChI is InChI=1S/C10H7BrF3NO3/c1-18-8(16)5-3-2-4-6(11)7(5)15-9(17)10(12,13)14/h2-4H,1H3,(H,15,17). The van der Waals surface area contributed by atoms with E-state index in [1.54, 1.807) is 5.32 Å². The Labute approximate surface area is 108 Å². The van der Waals surface area contributed by atoms with Crippen LogP contribution >= 0.6 is 15.9 Å². The van der Waals surface area contributed by atoms with Gasteiger partial charge in [0, 0.05) is 4.47 Å². The second-order valence-corrected chi connectivity index (χ2v) is 3.96. The average molecular weight is 326 g/mol. The third kappa shape index (κ3) is 3.22. The number of nitrogens with one attached hydrogen (secondary N) is 1. The van der Waals surface area contributed by atoms with Crippen LogP contribution in [0.2, 0.25) is 0 Å². The molecule has 0 heterocycles. The summed E-state index contributed by atoms with van der Waals surface area (Å²) < 4.78 is 41.0. The van der Waals surface area contributed by atoms with E-state index in [-0.39, 0.29) is 15.7 Å². The lowest BCUT2D eigenvalue weighted by molar-refractivity contribution is -0.167. The Balaban J connectivity index is 3.15. The molecular formula is C10H7BrF3NO3. The second-order valence-electron chi connectivity index (χ2n) is 3.11. The minimum absolute atomic E-state index is 0.142. The van der Waals surface area contributed by atoms with E-state index in [0.29, 0.717) is 0 Å². The van der Waals surface area contributed by atoms with E-state index in [4.69, 9.17) is 0 Å². The zero-order valence-electron chi connectivity index (χ0n) is 8.97. The van der Waals surface area contributed by atoms with Crippen LogP contribution in [-0.2, 0) is 9.53 Å². The van der Waals surface area contributed by atoms with Gasteiger partial charge in [-0.3, -0.25) is 4.79 Å². The molecule has 0 radical (unpaired) electrons. The number of methoxy groups -OCH3 is 1. The van der Waals surface area contributed by atoms with E-state index in [9.17, 15) is 22.8 Å². The number of para-hydroxylation sites is 1. The smallest absolute Gasteiger partial charge is 0.465 e. The van der Waals surface area contributed by atoms with Gasteiger partial charge >= 0.3 is 18.1 Å². The molecule has 0 atom stereocenters. The number of carbonyl (C=O) groups is 2. The number of anilines is 1. The Morgan fingerprint density at radius 2 is 1.94 bits per heavy atom. The number of esters is 1. The molecule has 1 rings (SSSR count). The highest BCUT2D eigenvalue weighted by Gasteiger charge is 2.39. The molecule has 0 fully saturated rings. The molecule has 4 nitrogen and oxygen atoms in total. The van der Waals surface area contributed by atoms with Crippen LogP contribution in [0.1, 0.15) is 10.4 Å². The first-order valence-electron chi connectivity index (χ1n) is 4.52. The number of hydrogen-bond donors (Lipinski definition) is 1. The third-order valence-electron chi connectivity index (χ3n) is 1.91. The van der Waals surface area contributed by atoms with Crippen LogP contribution in [0.4, 0.5) is 18.9 Å². The highest BCUT2D eigenvalue weighted by molar-refractivity contribution is 9.10. The minimum Gasteiger partial charge on any atom is -0.465 e. The summed E-state index contributed by atoms with van der Waals surface area (Å²) in [5.74, 6) is -3.02. The van der Waals surface area contributed by atoms with Crippen molar-refractivity contribution < 1.29 is 27.5 Å². The summed E-state index contributed by atoms with van der Waals surface area (Å²) in [5.41, 5.74) is -0.462. The van der Waals surface area contributed by atoms with Crippen molar-refractivity contribution in [2.24, 2.45) is 0 Å². The van der Waals surface area contributed by atoms with Gasteiger partial charge in [0.2, 0.25) is 0 Å². The molecule has 18 heavy (non-hydrogen) atoms. The number of benzene rings is 1. The first kappa shape index (κ1) is 14.5. The van der Waals surface area contributed by atoms with E-state index < -0.39 is 18.1 Å². The van der Waals surface area contributed by atoms with Crippen molar-refractivity contribution in [3.63, 3.8) is 0 Å². The summed E-state index contributed by atoms with van der Waals surface area (Å²) in [7, 11) is 1.08. The van der Waals surface area contributed by atoms with Crippen molar-refractivity contribution >= 4 is 33.5 Å². The van der Waals surface area contributed by atoms with Crippen LogP contribution in [0.5, 0.6) is 0 Å². The van der Waals surface area contributed by atoms with Crippen LogP contribution in [0.15, 0.2) is 22.7 Å². The summed E-state index contributed by atoms with van der Waals surface area (Å²) >= 11 is 2.95. The largest absolute Gasteiger partial charge is 0.471 e. The molecule has 1 N–H and O–H groups in total. The first-order valence-corrected chi connectivity index (χ1v) is 5.31. The molecule has 0 unspecified atom stereocenters. The molecule has 0 aliphatic heterocycles. The van der Waals surface area contributed by atoms with Crippen molar-refractivity contribution in [3.05, 3.63) is 28.2 Å². The van der Waals surface area contributed by atoms with E-state index in [2.05, 4.69) is 20.7 Å². The maximum absolute atomic E-state index is 12.1. The fraction of sp³-hybridized carbons (Fsp3) is 0.200. The van der Waals surface area contributed by atoms with Gasteiger partial charge in [-0.15, -0.1) is 0 Å². The van der Waals surface area contributed by atoms with Gasteiger partial charge in [-0.1, -0.05) is 6.07 Å². The minimum atomic E-state index is -5.04. The molecule has 0 aromatic heterocycles. The van der Waals surface area contributed by atoms with E-state index in [1.165, 1.54) is 18.2 Å². The van der Waals surface area contributed by atoms with Crippen molar-refractivity contribution in [3.8, 4) is 0 Å². The molecular weight excluding hydrogens is 319 g/mol. The summed E-state index contributed by atoms with van der Waals surface area (Å²) in [6.07, 6.45) is -5.04. The fourth-order valence-electron chi connectivity index (χ4n) is 1.12. The predicted molar refractivity (Wildman–Crippen MR) is 60.2 cm³/mol. The number of alkyl halides is 3. The predicted octanol–water partition coefficient (Wildman–Crippen LogP) is 2.74. The van der Waals surface area contributed by atoms with Crippen LogP contribution in [0, 0.1) is 0 Å². The lowest BCUT2D eigenvalue weighted by Crippen LogP contribution is -2.30. The zero-order chi connectivity index (χ0) is 13.9. The highest BCUT2D eigenvalue weighted by atomic mass is 79.9. The molecule has 0 bridgehead atoms. The molecule has 0 aliphatic rings. The lowest BCUT2D eigenvalue weighted by Gasteiger charge is -2.12. The first-order chi connectivity index (χ1) is 8.27. The van der Waals surface area contributed by atoms with E-state index in [1.807, 2.05) is 0 Å².